The van der Waals surface area contributed by atoms with Gasteiger partial charge < -0.3 is 73.6 Å². The van der Waals surface area contributed by atoms with Crippen molar-refractivity contribution in [3.63, 3.8) is 0 Å². The number of benzene rings is 3. The molecule has 88 heavy (non-hydrogen) atoms. The Kier molecular flexibility index (Phi) is 23.9. The molecular weight excluding hydrogens is 1130 g/mol. The lowest BCUT2D eigenvalue weighted by molar-refractivity contribution is -0.144. The van der Waals surface area contributed by atoms with Crippen LogP contribution in [0.2, 0.25) is 0 Å². The summed E-state index contributed by atoms with van der Waals surface area (Å²) in [4.78, 5) is 162. The monoisotopic (exact) mass is 1210 g/mol. The molecule has 3 aromatic carbocycles. The molecule has 26 heteroatoms. The smallest absolute Gasteiger partial charge is 0.408 e. The fourth-order valence-electron chi connectivity index (χ4n) is 10.1. The summed E-state index contributed by atoms with van der Waals surface area (Å²) in [6.07, 6.45) is 3.03. The molecule has 14 N–H and O–H groups in total. The Morgan fingerprint density at radius 2 is 1.25 bits per heavy atom. The third kappa shape index (κ3) is 20.0. The van der Waals surface area contributed by atoms with Crippen molar-refractivity contribution in [3.8, 4) is 0 Å². The van der Waals surface area contributed by atoms with Crippen molar-refractivity contribution in [1.82, 2.24) is 62.4 Å². The molecular formula is C62H82N14O12. The molecule has 1 aliphatic rings. The van der Waals surface area contributed by atoms with Gasteiger partial charge in [-0.3, -0.25) is 47.9 Å². The van der Waals surface area contributed by atoms with E-state index in [1.807, 2.05) is 44.2 Å². The highest BCUT2D eigenvalue weighted by atomic mass is 16.6. The number of rotatable bonds is 29. The van der Waals surface area contributed by atoms with Crippen molar-refractivity contribution >= 4 is 76.1 Å². The van der Waals surface area contributed by atoms with Gasteiger partial charge in [-0.1, -0.05) is 100 Å². The molecule has 0 bridgehead atoms. The zero-order valence-corrected chi connectivity index (χ0v) is 50.8. The van der Waals surface area contributed by atoms with Crippen LogP contribution in [-0.2, 0) is 84.9 Å². The maximum Gasteiger partial charge on any atom is 0.408 e. The van der Waals surface area contributed by atoms with Crippen LogP contribution in [0.4, 0.5) is 4.79 Å². The molecule has 0 spiro atoms. The number of nitrogens with one attached hydrogen (secondary N) is 10. The molecule has 6 rings (SSSR count). The van der Waals surface area contributed by atoms with Crippen molar-refractivity contribution in [2.75, 3.05) is 6.54 Å². The van der Waals surface area contributed by atoms with Gasteiger partial charge in [0.15, 0.2) is 0 Å². The van der Waals surface area contributed by atoms with Crippen molar-refractivity contribution in [3.05, 3.63) is 126 Å². The van der Waals surface area contributed by atoms with E-state index in [1.54, 1.807) is 89.3 Å². The molecule has 11 amide bonds. The van der Waals surface area contributed by atoms with E-state index in [0.29, 0.717) is 16.8 Å². The normalized spacial score (nSPS) is 15.4. The second kappa shape index (κ2) is 31.2. The minimum absolute atomic E-state index is 0.0198. The van der Waals surface area contributed by atoms with Crippen LogP contribution >= 0.6 is 0 Å². The second-order valence-electron chi connectivity index (χ2n) is 23.7. The van der Waals surface area contributed by atoms with Gasteiger partial charge in [-0.2, -0.15) is 0 Å². The number of carbonyl (C=O) groups excluding carboxylic acids is 11. The number of nitrogens with two attached hydrogens (primary N) is 2. The average molecular weight is 1220 g/mol. The zero-order chi connectivity index (χ0) is 64.4. The van der Waals surface area contributed by atoms with E-state index in [1.165, 1.54) is 24.3 Å². The van der Waals surface area contributed by atoms with E-state index in [-0.39, 0.29) is 57.4 Å². The Balaban J connectivity index is 1.13. The van der Waals surface area contributed by atoms with E-state index < -0.39 is 132 Å². The number of para-hydroxylation sites is 1. The van der Waals surface area contributed by atoms with E-state index in [2.05, 4.69) is 57.5 Å². The highest BCUT2D eigenvalue weighted by Gasteiger charge is 2.39. The zero-order valence-electron chi connectivity index (χ0n) is 50.8. The summed E-state index contributed by atoms with van der Waals surface area (Å²) >= 11 is 0. The number of aromatic nitrogens is 3. The average Bonchev–Trinajstić information content (AvgIpc) is 4.37. The third-order valence-corrected chi connectivity index (χ3v) is 14.6. The van der Waals surface area contributed by atoms with Gasteiger partial charge in [0, 0.05) is 67.6 Å². The molecule has 1 aliphatic heterocycles. The molecule has 0 aliphatic carbocycles. The number of ether oxygens (including phenoxy) is 1. The Morgan fingerprint density at radius 3 is 1.89 bits per heavy atom. The van der Waals surface area contributed by atoms with Gasteiger partial charge >= 0.3 is 6.09 Å². The van der Waals surface area contributed by atoms with Crippen LogP contribution in [0.15, 0.2) is 97.6 Å². The Hall–Kier alpha value is -9.62. The minimum Gasteiger partial charge on any atom is -0.444 e. The lowest BCUT2D eigenvalue weighted by Crippen LogP contribution is -2.60. The van der Waals surface area contributed by atoms with Gasteiger partial charge in [-0.05, 0) is 80.7 Å². The fourth-order valence-corrected chi connectivity index (χ4v) is 10.1. The van der Waals surface area contributed by atoms with Gasteiger partial charge in [-0.25, -0.2) is 9.78 Å². The molecule has 3 heterocycles. The van der Waals surface area contributed by atoms with Gasteiger partial charge in [0.25, 0.3) is 0 Å². The first-order chi connectivity index (χ1) is 41.7. The maximum absolute atomic E-state index is 14.4. The van der Waals surface area contributed by atoms with Crippen LogP contribution in [0.5, 0.6) is 0 Å². The summed E-state index contributed by atoms with van der Waals surface area (Å²) in [6.45, 7) is 12.7. The minimum atomic E-state index is -1.48. The number of nitrogens with zero attached hydrogens (tertiary/aromatic N) is 2. The number of hydrogen-bond acceptors (Lipinski definition) is 13. The quantitative estimate of drug-likeness (QED) is 0.0321. The van der Waals surface area contributed by atoms with Crippen molar-refractivity contribution < 1.29 is 57.5 Å². The highest BCUT2D eigenvalue weighted by molar-refractivity contribution is 5.98. The Labute approximate surface area is 510 Å². The Morgan fingerprint density at radius 1 is 0.648 bits per heavy atom. The molecule has 8 atom stereocenters. The number of fused-ring (bicyclic) bond motifs is 2. The van der Waals surface area contributed by atoms with Crippen molar-refractivity contribution in [2.24, 2.45) is 23.3 Å². The standard InChI is InChI=1S/C62H82N14O12/c1-34(2)24-48(60(86)76-32-39-19-13-12-18-38(39)27-49(76)53(64)79)73-58(84)47(28-41-30-65-33-68-41)70-51(78)31-67-59(85)52(35(3)4)75-54(80)36(5)69-56(82)46(26-40-29-66-43-21-15-14-20-42(40)43)72-55(81)44(22-23-50(63)77)71-57(83)45(25-37-16-10-9-11-17-37)74-61(87)88-62(6,7)8/h9-21,29-30,33-36,44-49,52,66H,22-28,31-32H2,1-8H3,(H2,63,77)(H2,64,79)(H,65,68)(H,67,85)(H,69,82)(H,70,78)(H,71,83)(H,72,81)(H,73,84)(H,74,87)(H,75,80)/t36-,44-,45+,46-,47-,48-,49+,52-/m0/s1. The summed E-state index contributed by atoms with van der Waals surface area (Å²) in [6, 6.07) is 13.1. The van der Waals surface area contributed by atoms with Gasteiger partial charge in [0.1, 0.15) is 53.9 Å². The van der Waals surface area contributed by atoms with Crippen LogP contribution in [0.3, 0.4) is 0 Å². The van der Waals surface area contributed by atoms with Crippen LogP contribution in [0, 0.1) is 11.8 Å². The van der Waals surface area contributed by atoms with Crippen LogP contribution < -0.4 is 54.0 Å². The van der Waals surface area contributed by atoms with Gasteiger partial charge in [-0.15, -0.1) is 0 Å². The number of carbonyl (C=O) groups is 11. The summed E-state index contributed by atoms with van der Waals surface area (Å²) in [5, 5.41) is 21.8. The molecule has 26 nitrogen and oxygen atoms in total. The van der Waals surface area contributed by atoms with Gasteiger partial charge in [0.05, 0.1) is 12.9 Å². The number of amides is 11. The summed E-state index contributed by atoms with van der Waals surface area (Å²) in [7, 11) is 0. The molecule has 0 fully saturated rings. The SMILES string of the molecule is CC(C)C[C@H](NC(=O)[C@H](Cc1cnc[nH]1)NC(=O)CNC(=O)[C@@H](NC(=O)[C@H](C)NC(=O)[C@H](Cc1c[nH]c2ccccc12)NC(=O)[C@H](CCC(N)=O)NC(=O)[C@@H](Cc1ccccc1)NC(=O)OC(C)(C)C)C(C)C)C(=O)N1Cc2ccccc2C[C@@H]1C(N)=O. The second-order valence-corrected chi connectivity index (χ2v) is 23.7. The maximum atomic E-state index is 14.4. The number of aromatic amines is 2. The number of hydrogen-bond donors (Lipinski definition) is 12. The molecule has 0 unspecified atom stereocenters. The third-order valence-electron chi connectivity index (χ3n) is 14.6. The van der Waals surface area contributed by atoms with E-state index in [9.17, 15) is 52.7 Å². The lowest BCUT2D eigenvalue weighted by atomic mass is 9.92. The van der Waals surface area contributed by atoms with E-state index >= 15 is 0 Å². The molecule has 0 saturated carbocycles. The summed E-state index contributed by atoms with van der Waals surface area (Å²) in [5.41, 5.74) is 14.5. The molecule has 2 aromatic heterocycles. The van der Waals surface area contributed by atoms with Crippen LogP contribution in [0.1, 0.15) is 103 Å². The molecule has 0 radical (unpaired) electrons. The number of imidazole rings is 1. The number of primary amides is 2. The predicted octanol–water partition coefficient (Wildman–Crippen LogP) is 1.26. The highest BCUT2D eigenvalue weighted by Crippen LogP contribution is 2.26. The summed E-state index contributed by atoms with van der Waals surface area (Å²) < 4.78 is 5.43. The van der Waals surface area contributed by atoms with E-state index in [4.69, 9.17) is 16.2 Å². The molecule has 0 saturated heterocycles. The van der Waals surface area contributed by atoms with E-state index in [0.717, 1.165) is 22.0 Å². The number of H-pyrrole nitrogens is 2. The fraction of sp³-hybridized carbons (Fsp3) is 0.452. The van der Waals surface area contributed by atoms with Gasteiger partial charge in [0.2, 0.25) is 59.1 Å². The largest absolute Gasteiger partial charge is 0.444 e. The van der Waals surface area contributed by atoms with Crippen molar-refractivity contribution in [2.45, 2.75) is 161 Å². The van der Waals surface area contributed by atoms with Crippen molar-refractivity contribution in [1.29, 1.82) is 0 Å². The predicted molar refractivity (Wildman–Crippen MR) is 324 cm³/mol. The first-order valence-corrected chi connectivity index (χ1v) is 29.3. The number of alkyl carbamates (subject to hydrolysis) is 1. The van der Waals surface area contributed by atoms with Crippen LogP contribution in [0.25, 0.3) is 10.9 Å². The molecule has 472 valence electrons. The topological polar surface area (TPSA) is 393 Å². The molecule has 5 aromatic rings. The summed E-state index contributed by atoms with van der Waals surface area (Å²) in [5.74, 6) is -8.42. The lowest BCUT2D eigenvalue weighted by Gasteiger charge is -2.38. The first kappa shape index (κ1) is 67.5. The first-order valence-electron chi connectivity index (χ1n) is 29.3. The Bertz CT molecular complexity index is 3290. The van der Waals surface area contributed by atoms with Crippen LogP contribution in [-0.4, -0.2) is 145 Å².